The summed E-state index contributed by atoms with van der Waals surface area (Å²) in [5.41, 5.74) is 1.54. The van der Waals surface area contributed by atoms with Crippen LogP contribution < -0.4 is 0 Å². The molecule has 0 N–H and O–H groups in total. The van der Waals surface area contributed by atoms with Crippen LogP contribution in [-0.4, -0.2) is 28.4 Å². The average molecular weight is 295 g/mol. The van der Waals surface area contributed by atoms with E-state index in [1.807, 2.05) is 11.0 Å². The number of amides is 1. The van der Waals surface area contributed by atoms with Gasteiger partial charge in [0.1, 0.15) is 5.15 Å². The highest BCUT2D eigenvalue weighted by Gasteiger charge is 2.28. The van der Waals surface area contributed by atoms with Gasteiger partial charge in [0, 0.05) is 23.8 Å². The molecule has 1 aromatic heterocycles. The van der Waals surface area contributed by atoms with E-state index in [1.165, 1.54) is 6.42 Å². The number of pyridine rings is 1. The van der Waals surface area contributed by atoms with Gasteiger partial charge >= 0.3 is 0 Å². The summed E-state index contributed by atoms with van der Waals surface area (Å²) >= 11 is 6.06. The van der Waals surface area contributed by atoms with Gasteiger partial charge in [-0.25, -0.2) is 4.98 Å². The molecule has 1 aliphatic rings. The zero-order chi connectivity index (χ0) is 14.9. The Morgan fingerprint density at radius 1 is 1.35 bits per heavy atom. The number of aromatic nitrogens is 1. The van der Waals surface area contributed by atoms with Crippen molar-refractivity contribution in [2.45, 2.75) is 52.5 Å². The zero-order valence-electron chi connectivity index (χ0n) is 12.7. The van der Waals surface area contributed by atoms with Crippen LogP contribution in [0.5, 0.6) is 0 Å². The maximum absolute atomic E-state index is 12.7. The summed E-state index contributed by atoms with van der Waals surface area (Å²) in [5.74, 6) is 0.908. The van der Waals surface area contributed by atoms with Gasteiger partial charge in [-0.05, 0) is 43.7 Å². The Labute approximate surface area is 126 Å². The molecule has 0 radical (unpaired) electrons. The lowest BCUT2D eigenvalue weighted by Gasteiger charge is -2.37. The van der Waals surface area contributed by atoms with Crippen molar-refractivity contribution in [1.29, 1.82) is 0 Å². The van der Waals surface area contributed by atoms with Gasteiger partial charge in [0.15, 0.2) is 0 Å². The minimum absolute atomic E-state index is 0.0789. The monoisotopic (exact) mass is 294 g/mol. The van der Waals surface area contributed by atoms with E-state index in [4.69, 9.17) is 11.6 Å². The van der Waals surface area contributed by atoms with Crippen molar-refractivity contribution in [3.8, 4) is 0 Å². The first-order chi connectivity index (χ1) is 9.38. The second kappa shape index (κ2) is 6.13. The minimum atomic E-state index is 0.0789. The number of hydrogen-bond donors (Lipinski definition) is 0. The van der Waals surface area contributed by atoms with Crippen LogP contribution in [0.3, 0.4) is 0 Å². The van der Waals surface area contributed by atoms with Crippen LogP contribution in [0.2, 0.25) is 5.15 Å². The molecule has 2 heterocycles. The third-order valence-electron chi connectivity index (χ3n) is 4.03. The van der Waals surface area contributed by atoms with Crippen molar-refractivity contribution < 1.29 is 4.79 Å². The molecule has 0 saturated carbocycles. The topological polar surface area (TPSA) is 33.2 Å². The largest absolute Gasteiger partial charge is 0.336 e. The quantitative estimate of drug-likeness (QED) is 0.769. The lowest BCUT2D eigenvalue weighted by atomic mass is 9.94. The molecule has 0 aliphatic carbocycles. The standard InChI is InChI=1S/C16H23ClN2O/c1-10(2)14-7-13(8-15(17)18-14)16(20)19-9-11(3)5-6-12(19)4/h7-8,10-12H,5-6,9H2,1-4H3. The Bertz CT molecular complexity index is 501. The van der Waals surface area contributed by atoms with E-state index in [9.17, 15) is 4.79 Å². The van der Waals surface area contributed by atoms with E-state index in [2.05, 4.69) is 32.7 Å². The predicted molar refractivity (Wildman–Crippen MR) is 82.2 cm³/mol. The Morgan fingerprint density at radius 2 is 2.05 bits per heavy atom. The fraction of sp³-hybridized carbons (Fsp3) is 0.625. The molecule has 110 valence electrons. The molecule has 1 aliphatic heterocycles. The number of rotatable bonds is 2. The van der Waals surface area contributed by atoms with Crippen molar-refractivity contribution in [1.82, 2.24) is 9.88 Å². The van der Waals surface area contributed by atoms with E-state index in [0.29, 0.717) is 22.7 Å². The first-order valence-electron chi connectivity index (χ1n) is 7.37. The number of carbonyl (C=O) groups excluding carboxylic acids is 1. The third-order valence-corrected chi connectivity index (χ3v) is 4.22. The van der Waals surface area contributed by atoms with Crippen molar-refractivity contribution >= 4 is 17.5 Å². The first-order valence-corrected chi connectivity index (χ1v) is 7.74. The van der Waals surface area contributed by atoms with Crippen LogP contribution in [-0.2, 0) is 0 Å². The number of likely N-dealkylation sites (tertiary alicyclic amines) is 1. The molecule has 2 rings (SSSR count). The van der Waals surface area contributed by atoms with E-state index in [1.54, 1.807) is 6.07 Å². The molecule has 0 aromatic carbocycles. The summed E-state index contributed by atoms with van der Waals surface area (Å²) in [5, 5.41) is 0.400. The second-order valence-corrected chi connectivity index (χ2v) is 6.63. The molecule has 1 fully saturated rings. The summed E-state index contributed by atoms with van der Waals surface area (Å²) in [6, 6.07) is 3.86. The number of hydrogen-bond acceptors (Lipinski definition) is 2. The van der Waals surface area contributed by atoms with Crippen molar-refractivity contribution in [3.05, 3.63) is 28.5 Å². The molecule has 0 bridgehead atoms. The summed E-state index contributed by atoms with van der Waals surface area (Å²) < 4.78 is 0. The van der Waals surface area contributed by atoms with E-state index >= 15 is 0 Å². The van der Waals surface area contributed by atoms with Crippen LogP contribution >= 0.6 is 11.6 Å². The Kier molecular flexibility index (Phi) is 4.69. The van der Waals surface area contributed by atoms with Gasteiger partial charge < -0.3 is 4.90 Å². The maximum atomic E-state index is 12.7. The van der Waals surface area contributed by atoms with Gasteiger partial charge in [-0.2, -0.15) is 0 Å². The Morgan fingerprint density at radius 3 is 2.70 bits per heavy atom. The minimum Gasteiger partial charge on any atom is -0.336 e. The summed E-state index contributed by atoms with van der Waals surface area (Å²) in [6.45, 7) is 9.26. The van der Waals surface area contributed by atoms with Gasteiger partial charge in [-0.15, -0.1) is 0 Å². The molecule has 3 nitrogen and oxygen atoms in total. The number of piperidine rings is 1. The molecule has 4 heteroatoms. The Balaban J connectivity index is 2.28. The number of halogens is 1. The van der Waals surface area contributed by atoms with Crippen LogP contribution in [0.15, 0.2) is 12.1 Å². The molecule has 1 saturated heterocycles. The highest BCUT2D eigenvalue weighted by atomic mass is 35.5. The van der Waals surface area contributed by atoms with Gasteiger partial charge in [-0.1, -0.05) is 32.4 Å². The normalized spacial score (nSPS) is 23.2. The molecule has 1 amide bonds. The van der Waals surface area contributed by atoms with Crippen molar-refractivity contribution in [2.75, 3.05) is 6.54 Å². The first kappa shape index (κ1) is 15.3. The summed E-state index contributed by atoms with van der Waals surface area (Å²) in [7, 11) is 0. The highest BCUT2D eigenvalue weighted by molar-refractivity contribution is 6.29. The van der Waals surface area contributed by atoms with Crippen molar-refractivity contribution in [3.63, 3.8) is 0 Å². The van der Waals surface area contributed by atoms with E-state index in [0.717, 1.165) is 18.7 Å². The van der Waals surface area contributed by atoms with Gasteiger partial charge in [0.05, 0.1) is 0 Å². The van der Waals surface area contributed by atoms with E-state index in [-0.39, 0.29) is 11.8 Å². The van der Waals surface area contributed by atoms with Crippen LogP contribution in [0.25, 0.3) is 0 Å². The SMILES string of the molecule is CC1CCC(C)N(C(=O)c2cc(Cl)nc(C(C)C)c2)C1. The fourth-order valence-electron chi connectivity index (χ4n) is 2.67. The van der Waals surface area contributed by atoms with Gasteiger partial charge in [0.2, 0.25) is 0 Å². The number of carbonyl (C=O) groups is 1. The predicted octanol–water partition coefficient (Wildman–Crippen LogP) is 4.12. The van der Waals surface area contributed by atoms with Crippen LogP contribution in [0.1, 0.15) is 62.5 Å². The van der Waals surface area contributed by atoms with Gasteiger partial charge in [-0.3, -0.25) is 4.79 Å². The molecular formula is C16H23ClN2O. The maximum Gasteiger partial charge on any atom is 0.254 e. The lowest BCUT2D eigenvalue weighted by Crippen LogP contribution is -2.45. The Hall–Kier alpha value is -1.09. The van der Waals surface area contributed by atoms with Gasteiger partial charge in [0.25, 0.3) is 5.91 Å². The highest BCUT2D eigenvalue weighted by Crippen LogP contribution is 2.25. The number of nitrogens with zero attached hydrogens (tertiary/aromatic N) is 2. The smallest absolute Gasteiger partial charge is 0.254 e. The second-order valence-electron chi connectivity index (χ2n) is 6.25. The molecule has 20 heavy (non-hydrogen) atoms. The zero-order valence-corrected chi connectivity index (χ0v) is 13.4. The molecular weight excluding hydrogens is 272 g/mol. The van der Waals surface area contributed by atoms with Crippen molar-refractivity contribution in [2.24, 2.45) is 5.92 Å². The molecule has 1 aromatic rings. The molecule has 2 atom stereocenters. The van der Waals surface area contributed by atoms with Crippen LogP contribution in [0, 0.1) is 5.92 Å². The average Bonchev–Trinajstić information content (AvgIpc) is 2.40. The molecule has 0 spiro atoms. The third kappa shape index (κ3) is 3.32. The lowest BCUT2D eigenvalue weighted by molar-refractivity contribution is 0.0574. The summed E-state index contributed by atoms with van der Waals surface area (Å²) in [6.07, 6.45) is 2.27. The van der Waals surface area contributed by atoms with E-state index < -0.39 is 0 Å². The van der Waals surface area contributed by atoms with Crippen LogP contribution in [0.4, 0.5) is 0 Å². The summed E-state index contributed by atoms with van der Waals surface area (Å²) in [4.78, 5) is 19.0. The molecule has 2 unspecified atom stereocenters. The fourth-order valence-corrected chi connectivity index (χ4v) is 2.89.